The Morgan fingerprint density at radius 1 is 1.33 bits per heavy atom. The molecule has 4 heteroatoms. The van der Waals surface area contributed by atoms with E-state index in [2.05, 4.69) is 0 Å². The van der Waals surface area contributed by atoms with Crippen molar-refractivity contribution in [1.82, 2.24) is 0 Å². The van der Waals surface area contributed by atoms with Crippen LogP contribution < -0.4 is 9.47 Å². The lowest BCUT2D eigenvalue weighted by Crippen LogP contribution is -2.16. The molecule has 1 aliphatic heterocycles. The van der Waals surface area contributed by atoms with E-state index in [0.717, 1.165) is 11.3 Å². The van der Waals surface area contributed by atoms with Gasteiger partial charge < -0.3 is 19.3 Å². The van der Waals surface area contributed by atoms with E-state index < -0.39 is 6.10 Å². The van der Waals surface area contributed by atoms with Gasteiger partial charge in [0.15, 0.2) is 11.5 Å². The van der Waals surface area contributed by atoms with E-state index in [0.29, 0.717) is 5.75 Å². The third kappa shape index (κ3) is 1.91. The summed E-state index contributed by atoms with van der Waals surface area (Å²) in [6.45, 7) is 1.95. The zero-order valence-corrected chi connectivity index (χ0v) is 8.77. The number of benzene rings is 1. The first-order valence-corrected chi connectivity index (χ1v) is 4.83. The fourth-order valence-electron chi connectivity index (χ4n) is 1.70. The fourth-order valence-corrected chi connectivity index (χ4v) is 1.70. The van der Waals surface area contributed by atoms with Gasteiger partial charge in [0, 0.05) is 7.11 Å². The molecule has 0 bridgehead atoms. The summed E-state index contributed by atoms with van der Waals surface area (Å²) in [7, 11) is 1.57. The topological polar surface area (TPSA) is 47.9 Å². The molecule has 1 aliphatic rings. The average Bonchev–Trinajstić information content (AvgIpc) is 2.65. The summed E-state index contributed by atoms with van der Waals surface area (Å²) in [6, 6.07) is 5.53. The van der Waals surface area contributed by atoms with E-state index in [9.17, 15) is 5.11 Å². The molecule has 82 valence electrons. The highest BCUT2D eigenvalue weighted by atomic mass is 16.7. The van der Waals surface area contributed by atoms with Crippen molar-refractivity contribution < 1.29 is 19.3 Å². The van der Waals surface area contributed by atoms with Crippen LogP contribution in [0.1, 0.15) is 18.6 Å². The average molecular weight is 210 g/mol. The summed E-state index contributed by atoms with van der Waals surface area (Å²) in [4.78, 5) is 0. The van der Waals surface area contributed by atoms with Crippen molar-refractivity contribution in [3.05, 3.63) is 23.8 Å². The predicted octanol–water partition coefficient (Wildman–Crippen LogP) is 1.48. The Kier molecular flexibility index (Phi) is 2.79. The van der Waals surface area contributed by atoms with Crippen LogP contribution in [0.4, 0.5) is 0 Å². The molecule has 0 saturated carbocycles. The maximum absolute atomic E-state index is 9.52. The summed E-state index contributed by atoms with van der Waals surface area (Å²) < 4.78 is 15.7. The molecule has 1 N–H and O–H groups in total. The third-order valence-electron chi connectivity index (χ3n) is 2.42. The number of aliphatic hydroxyl groups excluding tert-OH is 1. The summed E-state index contributed by atoms with van der Waals surface area (Å²) in [5, 5.41) is 9.52. The molecule has 15 heavy (non-hydrogen) atoms. The molecule has 1 aromatic carbocycles. The Hall–Kier alpha value is -1.26. The van der Waals surface area contributed by atoms with Crippen LogP contribution in [0.2, 0.25) is 0 Å². The van der Waals surface area contributed by atoms with Gasteiger partial charge in [0.05, 0.1) is 6.10 Å². The maximum Gasteiger partial charge on any atom is 0.231 e. The van der Waals surface area contributed by atoms with E-state index >= 15 is 0 Å². The molecular formula is C11H14O4. The molecule has 2 unspecified atom stereocenters. The molecule has 1 heterocycles. The maximum atomic E-state index is 9.52. The fraction of sp³-hybridized carbons (Fsp3) is 0.455. The Labute approximate surface area is 88.4 Å². The number of rotatable bonds is 3. The second-order valence-corrected chi connectivity index (χ2v) is 3.51. The van der Waals surface area contributed by atoms with Crippen LogP contribution in [0.3, 0.4) is 0 Å². The molecular weight excluding hydrogens is 196 g/mol. The Balaban J connectivity index is 2.28. The van der Waals surface area contributed by atoms with Crippen LogP contribution in [0.25, 0.3) is 0 Å². The molecule has 0 spiro atoms. The second-order valence-electron chi connectivity index (χ2n) is 3.51. The van der Waals surface area contributed by atoms with E-state index in [1.54, 1.807) is 14.0 Å². The van der Waals surface area contributed by atoms with E-state index in [-0.39, 0.29) is 12.9 Å². The van der Waals surface area contributed by atoms with Gasteiger partial charge in [0.2, 0.25) is 6.79 Å². The van der Waals surface area contributed by atoms with Gasteiger partial charge in [-0.2, -0.15) is 0 Å². The van der Waals surface area contributed by atoms with Gasteiger partial charge in [-0.05, 0) is 24.6 Å². The van der Waals surface area contributed by atoms with Crippen LogP contribution in [-0.2, 0) is 4.74 Å². The van der Waals surface area contributed by atoms with Crippen molar-refractivity contribution in [2.24, 2.45) is 0 Å². The van der Waals surface area contributed by atoms with Crippen molar-refractivity contribution in [2.45, 2.75) is 19.1 Å². The number of fused-ring (bicyclic) bond motifs is 1. The van der Waals surface area contributed by atoms with Crippen LogP contribution in [0.15, 0.2) is 18.2 Å². The highest BCUT2D eigenvalue weighted by molar-refractivity contribution is 5.45. The minimum atomic E-state index is -0.560. The van der Waals surface area contributed by atoms with Gasteiger partial charge in [-0.25, -0.2) is 0 Å². The number of hydrogen-bond donors (Lipinski definition) is 1. The van der Waals surface area contributed by atoms with Crippen molar-refractivity contribution in [3.8, 4) is 11.5 Å². The van der Waals surface area contributed by atoms with E-state index in [1.807, 2.05) is 18.2 Å². The molecule has 0 aliphatic carbocycles. The first-order chi connectivity index (χ1) is 7.22. The SMILES string of the molecule is COC(c1ccc2c(c1)OCO2)C(C)O. The quantitative estimate of drug-likeness (QED) is 0.821. The highest BCUT2D eigenvalue weighted by Gasteiger charge is 2.20. The smallest absolute Gasteiger partial charge is 0.231 e. The molecule has 0 fully saturated rings. The minimum absolute atomic E-state index is 0.255. The molecule has 0 aromatic heterocycles. The lowest BCUT2D eigenvalue weighted by molar-refractivity contribution is -0.00355. The normalized spacial score (nSPS) is 17.5. The molecule has 0 radical (unpaired) electrons. The Morgan fingerprint density at radius 3 is 2.73 bits per heavy atom. The summed E-state index contributed by atoms with van der Waals surface area (Å²) in [5.74, 6) is 1.44. The van der Waals surface area contributed by atoms with E-state index in [1.165, 1.54) is 0 Å². The molecule has 0 amide bonds. The zero-order valence-electron chi connectivity index (χ0n) is 8.77. The van der Waals surface area contributed by atoms with Crippen LogP contribution >= 0.6 is 0 Å². The van der Waals surface area contributed by atoms with Crippen LogP contribution in [0, 0.1) is 0 Å². The molecule has 2 rings (SSSR count). The first kappa shape index (κ1) is 10.3. The highest BCUT2D eigenvalue weighted by Crippen LogP contribution is 2.35. The van der Waals surface area contributed by atoms with Crippen molar-refractivity contribution >= 4 is 0 Å². The van der Waals surface area contributed by atoms with Crippen LogP contribution in [-0.4, -0.2) is 25.1 Å². The molecule has 2 atom stereocenters. The Bertz CT molecular complexity index is 348. The standard InChI is InChI=1S/C11H14O4/c1-7(12)11(13-2)8-3-4-9-10(5-8)15-6-14-9/h3-5,7,11-12H,6H2,1-2H3. The minimum Gasteiger partial charge on any atom is -0.454 e. The predicted molar refractivity (Wildman–Crippen MR) is 54.0 cm³/mol. The number of hydrogen-bond acceptors (Lipinski definition) is 4. The zero-order chi connectivity index (χ0) is 10.8. The van der Waals surface area contributed by atoms with Crippen LogP contribution in [0.5, 0.6) is 11.5 Å². The molecule has 0 saturated heterocycles. The lowest BCUT2D eigenvalue weighted by Gasteiger charge is -2.18. The van der Waals surface area contributed by atoms with Crippen molar-refractivity contribution in [3.63, 3.8) is 0 Å². The van der Waals surface area contributed by atoms with Gasteiger partial charge in [-0.1, -0.05) is 6.07 Å². The summed E-state index contributed by atoms with van der Waals surface area (Å²) >= 11 is 0. The largest absolute Gasteiger partial charge is 0.454 e. The van der Waals surface area contributed by atoms with Gasteiger partial charge >= 0.3 is 0 Å². The van der Waals surface area contributed by atoms with Gasteiger partial charge in [0.25, 0.3) is 0 Å². The molecule has 4 nitrogen and oxygen atoms in total. The molecule has 1 aromatic rings. The van der Waals surface area contributed by atoms with Crippen molar-refractivity contribution in [2.75, 3.05) is 13.9 Å². The van der Waals surface area contributed by atoms with E-state index in [4.69, 9.17) is 14.2 Å². The summed E-state index contributed by atoms with van der Waals surface area (Å²) in [6.07, 6.45) is -0.894. The number of methoxy groups -OCH3 is 1. The van der Waals surface area contributed by atoms with Gasteiger partial charge in [-0.3, -0.25) is 0 Å². The monoisotopic (exact) mass is 210 g/mol. The van der Waals surface area contributed by atoms with Gasteiger partial charge in [0.1, 0.15) is 6.10 Å². The lowest BCUT2D eigenvalue weighted by atomic mass is 10.0. The first-order valence-electron chi connectivity index (χ1n) is 4.83. The number of ether oxygens (including phenoxy) is 3. The van der Waals surface area contributed by atoms with Crippen molar-refractivity contribution in [1.29, 1.82) is 0 Å². The third-order valence-corrected chi connectivity index (χ3v) is 2.42. The Morgan fingerprint density at radius 2 is 2.07 bits per heavy atom. The van der Waals surface area contributed by atoms with Gasteiger partial charge in [-0.15, -0.1) is 0 Å². The summed E-state index contributed by atoms with van der Waals surface area (Å²) in [5.41, 5.74) is 0.886. The number of aliphatic hydroxyl groups is 1. The second kappa shape index (κ2) is 4.08.